The molecule has 0 bridgehead atoms. The number of aryl methyl sites for hydroxylation is 1. The van der Waals surface area contributed by atoms with Crippen LogP contribution < -0.4 is 11.1 Å². The van der Waals surface area contributed by atoms with Gasteiger partial charge in [-0.15, -0.1) is 11.3 Å². The van der Waals surface area contributed by atoms with Crippen LogP contribution >= 0.6 is 11.3 Å². The van der Waals surface area contributed by atoms with Crippen LogP contribution in [0, 0.1) is 6.92 Å². The topological polar surface area (TPSA) is 102 Å². The summed E-state index contributed by atoms with van der Waals surface area (Å²) in [7, 11) is -3.06. The lowest BCUT2D eigenvalue weighted by Gasteiger charge is -2.06. The number of hydrogen-bond acceptors (Lipinski definition) is 6. The second-order valence-corrected chi connectivity index (χ2v) is 9.44. The fraction of sp³-hybridized carbons (Fsp3) is 0.222. The van der Waals surface area contributed by atoms with Crippen LogP contribution in [0.15, 0.2) is 36.7 Å². The second kappa shape index (κ2) is 7.05. The highest BCUT2D eigenvalue weighted by molar-refractivity contribution is 7.89. The van der Waals surface area contributed by atoms with E-state index in [0.717, 1.165) is 26.8 Å². The van der Waals surface area contributed by atoms with E-state index in [4.69, 9.17) is 5.73 Å². The third kappa shape index (κ3) is 4.03. The van der Waals surface area contributed by atoms with Crippen molar-refractivity contribution >= 4 is 42.9 Å². The van der Waals surface area contributed by atoms with Crippen LogP contribution in [0.2, 0.25) is 0 Å². The molecule has 0 aliphatic carbocycles. The highest BCUT2D eigenvalue weighted by Crippen LogP contribution is 2.34. The van der Waals surface area contributed by atoms with Crippen LogP contribution in [-0.4, -0.2) is 25.6 Å². The molecular formula is C18H19N3O3S2. The van der Waals surface area contributed by atoms with Crippen LogP contribution in [0.4, 0.5) is 5.69 Å². The van der Waals surface area contributed by atoms with Crippen LogP contribution in [0.5, 0.6) is 0 Å². The minimum Gasteiger partial charge on any atom is -0.397 e. The summed E-state index contributed by atoms with van der Waals surface area (Å²) in [5.41, 5.74) is 9.18. The van der Waals surface area contributed by atoms with Gasteiger partial charge in [-0.3, -0.25) is 9.78 Å². The van der Waals surface area contributed by atoms with Crippen molar-refractivity contribution in [3.05, 3.63) is 58.2 Å². The zero-order valence-corrected chi connectivity index (χ0v) is 16.1. The average Bonchev–Trinajstić information content (AvgIpc) is 2.91. The van der Waals surface area contributed by atoms with E-state index < -0.39 is 9.84 Å². The van der Waals surface area contributed by atoms with Gasteiger partial charge in [-0.1, -0.05) is 24.3 Å². The zero-order chi connectivity index (χ0) is 18.9. The van der Waals surface area contributed by atoms with E-state index in [-0.39, 0.29) is 11.7 Å². The van der Waals surface area contributed by atoms with Gasteiger partial charge in [0.2, 0.25) is 0 Å². The molecule has 0 spiro atoms. The minimum atomic E-state index is -3.06. The Bertz CT molecular complexity index is 1070. The Labute approximate surface area is 156 Å². The Morgan fingerprint density at radius 3 is 2.46 bits per heavy atom. The number of aromatic nitrogens is 1. The molecule has 2 aromatic heterocycles. The van der Waals surface area contributed by atoms with Gasteiger partial charge in [0.25, 0.3) is 5.91 Å². The van der Waals surface area contributed by atoms with E-state index in [1.165, 1.54) is 17.6 Å². The predicted molar refractivity (Wildman–Crippen MR) is 105 cm³/mol. The molecule has 136 valence electrons. The molecule has 0 fully saturated rings. The Morgan fingerprint density at radius 2 is 1.85 bits per heavy atom. The number of anilines is 1. The van der Waals surface area contributed by atoms with Crippen LogP contribution in [0.25, 0.3) is 10.1 Å². The van der Waals surface area contributed by atoms with Gasteiger partial charge in [0.15, 0.2) is 9.84 Å². The number of carbonyl (C=O) groups excluding carboxylic acids is 1. The Morgan fingerprint density at radius 1 is 1.19 bits per heavy atom. The average molecular weight is 390 g/mol. The molecule has 3 aromatic rings. The lowest BCUT2D eigenvalue weighted by atomic mass is 10.1. The highest BCUT2D eigenvalue weighted by Gasteiger charge is 2.17. The molecule has 26 heavy (non-hydrogen) atoms. The fourth-order valence-corrected chi connectivity index (χ4v) is 4.61. The highest BCUT2D eigenvalue weighted by atomic mass is 32.2. The van der Waals surface area contributed by atoms with Crippen LogP contribution in [0.1, 0.15) is 26.4 Å². The summed E-state index contributed by atoms with van der Waals surface area (Å²) >= 11 is 1.32. The number of sulfone groups is 1. The number of rotatable bonds is 5. The number of hydrogen-bond donors (Lipinski definition) is 2. The lowest BCUT2D eigenvalue weighted by Crippen LogP contribution is -2.22. The number of nitrogen functional groups attached to an aromatic ring is 1. The fourth-order valence-electron chi connectivity index (χ4n) is 2.73. The first kappa shape index (κ1) is 18.3. The zero-order valence-electron chi connectivity index (χ0n) is 14.4. The standard InChI is InChI=1S/C18H19N3O3S2/c1-11-7-20-9-14-15(11)16(19)17(25-14)18(22)21-8-12-3-5-13(6-4-12)10-26(2,23)24/h3-7,9H,8,10,19H2,1-2H3,(H,21,22). The maximum Gasteiger partial charge on any atom is 0.263 e. The van der Waals surface area contributed by atoms with Gasteiger partial charge in [0.05, 0.1) is 16.1 Å². The third-order valence-corrected chi connectivity index (χ3v) is 5.93. The van der Waals surface area contributed by atoms with Gasteiger partial charge in [0, 0.05) is 30.6 Å². The number of thiophene rings is 1. The largest absolute Gasteiger partial charge is 0.397 e. The molecule has 1 amide bonds. The van der Waals surface area contributed by atoms with Crippen molar-refractivity contribution in [1.29, 1.82) is 0 Å². The maximum atomic E-state index is 12.5. The molecule has 3 N–H and O–H groups in total. The maximum absolute atomic E-state index is 12.5. The first-order chi connectivity index (χ1) is 12.2. The summed E-state index contributed by atoms with van der Waals surface area (Å²) in [6.45, 7) is 2.25. The van der Waals surface area contributed by atoms with E-state index in [9.17, 15) is 13.2 Å². The summed E-state index contributed by atoms with van der Waals surface area (Å²) in [4.78, 5) is 17.1. The van der Waals surface area contributed by atoms with Crippen molar-refractivity contribution in [2.24, 2.45) is 0 Å². The van der Waals surface area contributed by atoms with Gasteiger partial charge in [-0.25, -0.2) is 8.42 Å². The van der Waals surface area contributed by atoms with E-state index in [1.54, 1.807) is 24.5 Å². The number of pyridine rings is 1. The quantitative estimate of drug-likeness (QED) is 0.698. The lowest BCUT2D eigenvalue weighted by molar-refractivity contribution is 0.0956. The van der Waals surface area contributed by atoms with Crippen molar-refractivity contribution in [2.75, 3.05) is 12.0 Å². The SMILES string of the molecule is Cc1cncc2sc(C(=O)NCc3ccc(CS(C)(=O)=O)cc3)c(N)c12. The van der Waals surface area contributed by atoms with E-state index in [1.807, 2.05) is 19.1 Å². The van der Waals surface area contributed by atoms with Gasteiger partial charge in [-0.05, 0) is 23.6 Å². The monoisotopic (exact) mass is 389 g/mol. The van der Waals surface area contributed by atoms with Crippen molar-refractivity contribution in [3.8, 4) is 0 Å². The number of benzene rings is 1. The van der Waals surface area contributed by atoms with Crippen LogP contribution in [0.3, 0.4) is 0 Å². The summed E-state index contributed by atoms with van der Waals surface area (Å²) < 4.78 is 23.5. The Kier molecular flexibility index (Phi) is 4.97. The summed E-state index contributed by atoms with van der Waals surface area (Å²) in [5.74, 6) is -0.228. The Hall–Kier alpha value is -2.45. The van der Waals surface area contributed by atoms with Crippen LogP contribution in [-0.2, 0) is 22.1 Å². The van der Waals surface area contributed by atoms with Crippen molar-refractivity contribution in [1.82, 2.24) is 10.3 Å². The normalized spacial score (nSPS) is 11.6. The molecule has 2 heterocycles. The van der Waals surface area contributed by atoms with Crippen molar-refractivity contribution in [2.45, 2.75) is 19.2 Å². The van der Waals surface area contributed by atoms with E-state index in [0.29, 0.717) is 17.1 Å². The smallest absolute Gasteiger partial charge is 0.263 e. The summed E-state index contributed by atoms with van der Waals surface area (Å²) in [6, 6.07) is 7.13. The number of carbonyl (C=O) groups is 1. The van der Waals surface area contributed by atoms with Crippen molar-refractivity contribution in [3.63, 3.8) is 0 Å². The predicted octanol–water partition coefficient (Wildman–Crippen LogP) is 2.66. The molecule has 8 heteroatoms. The molecule has 0 saturated heterocycles. The molecule has 0 unspecified atom stereocenters. The number of amides is 1. The van der Waals surface area contributed by atoms with Gasteiger partial charge in [-0.2, -0.15) is 0 Å². The molecule has 0 aliphatic rings. The Balaban J connectivity index is 1.71. The van der Waals surface area contributed by atoms with Crippen molar-refractivity contribution < 1.29 is 13.2 Å². The molecular weight excluding hydrogens is 370 g/mol. The summed E-state index contributed by atoms with van der Waals surface area (Å²) in [5, 5.41) is 3.73. The molecule has 0 aliphatic heterocycles. The molecule has 3 rings (SSSR count). The molecule has 0 atom stereocenters. The third-order valence-electron chi connectivity index (χ3n) is 3.94. The molecule has 1 aromatic carbocycles. The van der Waals surface area contributed by atoms with E-state index >= 15 is 0 Å². The molecule has 0 radical (unpaired) electrons. The van der Waals surface area contributed by atoms with Gasteiger partial charge >= 0.3 is 0 Å². The van der Waals surface area contributed by atoms with Gasteiger partial charge < -0.3 is 11.1 Å². The minimum absolute atomic E-state index is 0.00530. The number of nitrogens with one attached hydrogen (secondary N) is 1. The first-order valence-electron chi connectivity index (χ1n) is 7.91. The second-order valence-electron chi connectivity index (χ2n) is 6.24. The van der Waals surface area contributed by atoms with Gasteiger partial charge in [0.1, 0.15) is 4.88 Å². The summed E-state index contributed by atoms with van der Waals surface area (Å²) in [6.07, 6.45) is 4.64. The number of nitrogens with zero attached hydrogens (tertiary/aromatic N) is 1. The molecule has 6 nitrogen and oxygen atoms in total. The number of fused-ring (bicyclic) bond motifs is 1. The first-order valence-corrected chi connectivity index (χ1v) is 10.8. The molecule has 0 saturated carbocycles. The number of nitrogens with two attached hydrogens (primary N) is 1. The van der Waals surface area contributed by atoms with E-state index in [2.05, 4.69) is 10.3 Å².